The number of nitrogens with zero attached hydrogens (tertiary/aromatic N) is 4. The van der Waals surface area contributed by atoms with Gasteiger partial charge in [-0.15, -0.1) is 0 Å². The van der Waals surface area contributed by atoms with Crippen LogP contribution >= 0.6 is 11.8 Å². The summed E-state index contributed by atoms with van der Waals surface area (Å²) in [5, 5.41) is 11.2. The predicted octanol–water partition coefficient (Wildman–Crippen LogP) is 1.42. The first-order valence-corrected chi connectivity index (χ1v) is 11.3. The maximum atomic E-state index is 12.6. The van der Waals surface area contributed by atoms with E-state index in [4.69, 9.17) is 4.74 Å². The van der Waals surface area contributed by atoms with E-state index in [0.717, 1.165) is 71.5 Å². The Morgan fingerprint density at radius 3 is 2.68 bits per heavy atom. The number of aromatic nitrogens is 2. The van der Waals surface area contributed by atoms with Crippen LogP contribution in [0.15, 0.2) is 23.6 Å². The molecule has 1 unspecified atom stereocenters. The Bertz CT molecular complexity index is 648. The average Bonchev–Trinajstić information content (AvgIpc) is 2.73. The highest BCUT2D eigenvalue weighted by molar-refractivity contribution is 7.99. The minimum Gasteiger partial charge on any atom is -0.392 e. The third-order valence-corrected chi connectivity index (χ3v) is 7.26. The van der Waals surface area contributed by atoms with Gasteiger partial charge in [0.05, 0.1) is 11.9 Å². The maximum absolute atomic E-state index is 12.6. The Kier molecular flexibility index (Phi) is 6.50. The zero-order chi connectivity index (χ0) is 19.4. The van der Waals surface area contributed by atoms with E-state index >= 15 is 0 Å². The van der Waals surface area contributed by atoms with E-state index in [0.29, 0.717) is 17.0 Å². The molecule has 154 valence electrons. The van der Waals surface area contributed by atoms with Crippen molar-refractivity contribution in [2.24, 2.45) is 5.41 Å². The molecule has 1 amide bonds. The lowest BCUT2D eigenvalue weighted by Gasteiger charge is -2.51. The second-order valence-electron chi connectivity index (χ2n) is 8.33. The molecule has 0 aromatic carbocycles. The zero-order valence-corrected chi connectivity index (χ0v) is 17.1. The van der Waals surface area contributed by atoms with Crippen molar-refractivity contribution < 1.29 is 14.6 Å². The van der Waals surface area contributed by atoms with Crippen molar-refractivity contribution in [3.05, 3.63) is 18.5 Å². The fourth-order valence-corrected chi connectivity index (χ4v) is 5.60. The molecule has 4 heterocycles. The van der Waals surface area contributed by atoms with Crippen molar-refractivity contribution >= 4 is 17.7 Å². The van der Waals surface area contributed by atoms with Crippen molar-refractivity contribution in [3.63, 3.8) is 0 Å². The number of likely N-dealkylation sites (tertiary alicyclic amines) is 2. The summed E-state index contributed by atoms with van der Waals surface area (Å²) in [6.07, 6.45) is 8.07. The summed E-state index contributed by atoms with van der Waals surface area (Å²) in [6, 6.07) is 2.31. The quantitative estimate of drug-likeness (QED) is 0.598. The Morgan fingerprint density at radius 2 is 1.96 bits per heavy atom. The first-order chi connectivity index (χ1) is 13.6. The minimum absolute atomic E-state index is 0.141. The molecule has 0 saturated carbocycles. The lowest BCUT2D eigenvalue weighted by molar-refractivity contribution is -0.133. The summed E-state index contributed by atoms with van der Waals surface area (Å²) in [6.45, 7) is 5.05. The monoisotopic (exact) mass is 406 g/mol. The predicted molar refractivity (Wildman–Crippen MR) is 107 cm³/mol. The van der Waals surface area contributed by atoms with Crippen LogP contribution in [0.4, 0.5) is 0 Å². The molecule has 0 aliphatic carbocycles. The molecule has 28 heavy (non-hydrogen) atoms. The van der Waals surface area contributed by atoms with Gasteiger partial charge in [-0.2, -0.15) is 0 Å². The van der Waals surface area contributed by atoms with Gasteiger partial charge in [-0.3, -0.25) is 9.69 Å². The molecule has 1 aromatic rings. The van der Waals surface area contributed by atoms with Crippen LogP contribution in [0.5, 0.6) is 0 Å². The molecule has 3 aliphatic heterocycles. The van der Waals surface area contributed by atoms with E-state index in [9.17, 15) is 9.90 Å². The summed E-state index contributed by atoms with van der Waals surface area (Å²) in [5.74, 6) is 0.540. The molecule has 3 aliphatic rings. The van der Waals surface area contributed by atoms with Gasteiger partial charge < -0.3 is 14.7 Å². The Balaban J connectivity index is 1.30. The van der Waals surface area contributed by atoms with Crippen LogP contribution in [0.2, 0.25) is 0 Å². The van der Waals surface area contributed by atoms with Gasteiger partial charge >= 0.3 is 0 Å². The fraction of sp³-hybridized carbons (Fsp3) is 0.750. The number of aliphatic hydroxyl groups is 1. The number of rotatable bonds is 4. The van der Waals surface area contributed by atoms with Gasteiger partial charge in [0.2, 0.25) is 5.91 Å². The number of piperidine rings is 2. The van der Waals surface area contributed by atoms with E-state index in [1.807, 2.05) is 4.90 Å². The van der Waals surface area contributed by atoms with Crippen LogP contribution in [0.25, 0.3) is 0 Å². The smallest absolute Gasteiger partial charge is 0.233 e. The van der Waals surface area contributed by atoms with Crippen molar-refractivity contribution in [2.75, 3.05) is 45.1 Å². The number of carbonyl (C=O) groups excluding carboxylic acids is 1. The van der Waals surface area contributed by atoms with Gasteiger partial charge in [0.15, 0.2) is 5.16 Å². The summed E-state index contributed by atoms with van der Waals surface area (Å²) < 4.78 is 5.51. The van der Waals surface area contributed by atoms with Gasteiger partial charge in [-0.1, -0.05) is 11.8 Å². The third-order valence-electron chi connectivity index (χ3n) is 6.40. The van der Waals surface area contributed by atoms with Crippen LogP contribution in [0.1, 0.15) is 32.1 Å². The second-order valence-corrected chi connectivity index (χ2v) is 9.27. The number of hydrogen-bond acceptors (Lipinski definition) is 7. The first-order valence-electron chi connectivity index (χ1n) is 10.3. The van der Waals surface area contributed by atoms with E-state index in [2.05, 4.69) is 14.9 Å². The van der Waals surface area contributed by atoms with E-state index in [-0.39, 0.29) is 17.4 Å². The molecule has 1 N–H and O–H groups in total. The highest BCUT2D eigenvalue weighted by atomic mass is 32.2. The number of β-amino-alcohol motifs (C(OH)–C–C–N with tert-alkyl or cyclic N) is 1. The average molecular weight is 407 g/mol. The summed E-state index contributed by atoms with van der Waals surface area (Å²) in [4.78, 5) is 25.4. The maximum Gasteiger partial charge on any atom is 0.233 e. The summed E-state index contributed by atoms with van der Waals surface area (Å²) >= 11 is 1.40. The first kappa shape index (κ1) is 20.1. The van der Waals surface area contributed by atoms with Crippen LogP contribution in [0, 0.1) is 5.41 Å². The number of hydrogen-bond donors (Lipinski definition) is 1. The second kappa shape index (κ2) is 9.07. The van der Waals surface area contributed by atoms with Gasteiger partial charge in [-0.05, 0) is 43.6 Å². The Morgan fingerprint density at radius 1 is 1.25 bits per heavy atom. The molecular weight excluding hydrogens is 376 g/mol. The van der Waals surface area contributed by atoms with Gasteiger partial charge in [-0.25, -0.2) is 9.97 Å². The SMILES string of the molecule is O=C(CSc1ncccn1)N1CCC2(CC1)CC(O)CN(C1CCOCC1)C2. The zero-order valence-electron chi connectivity index (χ0n) is 16.3. The largest absolute Gasteiger partial charge is 0.392 e. The van der Waals surface area contributed by atoms with Crippen LogP contribution in [-0.4, -0.2) is 88.1 Å². The lowest BCUT2D eigenvalue weighted by Crippen LogP contribution is -2.57. The molecule has 3 saturated heterocycles. The standard InChI is InChI=1S/C20H30N4O3S/c25-17-12-20(15-24(13-17)16-2-10-27-11-3-16)4-8-23(9-5-20)18(26)14-28-19-21-6-1-7-22-19/h1,6-7,16-17,25H,2-5,8-15H2. The van der Waals surface area contributed by atoms with Crippen molar-refractivity contribution in [3.8, 4) is 0 Å². The van der Waals surface area contributed by atoms with Crippen LogP contribution < -0.4 is 0 Å². The van der Waals surface area contributed by atoms with Crippen LogP contribution in [0.3, 0.4) is 0 Å². The highest BCUT2D eigenvalue weighted by Crippen LogP contribution is 2.41. The van der Waals surface area contributed by atoms with Crippen molar-refractivity contribution in [1.29, 1.82) is 0 Å². The molecular formula is C20H30N4O3S. The molecule has 0 radical (unpaired) electrons. The van der Waals surface area contributed by atoms with E-state index < -0.39 is 0 Å². The Labute approximate surface area is 170 Å². The summed E-state index contributed by atoms with van der Waals surface area (Å²) in [5.41, 5.74) is 0.141. The minimum atomic E-state index is -0.260. The molecule has 1 aromatic heterocycles. The molecule has 1 spiro atoms. The normalized spacial score (nSPS) is 26.5. The van der Waals surface area contributed by atoms with Crippen molar-refractivity contribution in [1.82, 2.24) is 19.8 Å². The van der Waals surface area contributed by atoms with E-state index in [1.165, 1.54) is 11.8 Å². The molecule has 7 nitrogen and oxygen atoms in total. The van der Waals surface area contributed by atoms with Gasteiger partial charge in [0.25, 0.3) is 0 Å². The molecule has 4 rings (SSSR count). The van der Waals surface area contributed by atoms with Crippen LogP contribution in [-0.2, 0) is 9.53 Å². The summed E-state index contributed by atoms with van der Waals surface area (Å²) in [7, 11) is 0. The molecule has 0 bridgehead atoms. The number of carbonyl (C=O) groups is 1. The van der Waals surface area contributed by atoms with E-state index in [1.54, 1.807) is 18.5 Å². The Hall–Kier alpha value is -1.22. The number of amides is 1. The molecule has 8 heteroatoms. The number of aliphatic hydroxyl groups excluding tert-OH is 1. The number of ether oxygens (including phenoxy) is 1. The topological polar surface area (TPSA) is 78.8 Å². The number of thioether (sulfide) groups is 1. The van der Waals surface area contributed by atoms with Crippen molar-refractivity contribution in [2.45, 2.75) is 49.4 Å². The highest BCUT2D eigenvalue weighted by Gasteiger charge is 2.43. The molecule has 3 fully saturated rings. The fourth-order valence-electron chi connectivity index (χ4n) is 4.89. The lowest BCUT2D eigenvalue weighted by atomic mass is 9.71. The third kappa shape index (κ3) is 4.84. The molecule has 1 atom stereocenters. The van der Waals surface area contributed by atoms with Gasteiger partial charge in [0, 0.05) is 57.8 Å². The van der Waals surface area contributed by atoms with Gasteiger partial charge in [0.1, 0.15) is 0 Å².